The summed E-state index contributed by atoms with van der Waals surface area (Å²) in [5.74, 6) is -0.374. The van der Waals surface area contributed by atoms with Crippen LogP contribution in [0.1, 0.15) is 5.56 Å². The fourth-order valence-electron chi connectivity index (χ4n) is 0.840. The van der Waals surface area contributed by atoms with E-state index in [1.807, 2.05) is 0 Å². The molecule has 1 rings (SSSR count). The summed E-state index contributed by atoms with van der Waals surface area (Å²) in [6.07, 6.45) is 1.25. The Morgan fingerprint density at radius 1 is 1.77 bits per heavy atom. The normalized spacial score (nSPS) is 9.62. The Morgan fingerprint density at radius 2 is 2.46 bits per heavy atom. The smallest absolute Gasteiger partial charge is 0.308 e. The van der Waals surface area contributed by atoms with Gasteiger partial charge in [-0.25, -0.2) is 4.98 Å². The summed E-state index contributed by atoms with van der Waals surface area (Å²) in [5.41, 5.74) is 5.91. The zero-order valence-electron chi connectivity index (χ0n) is 7.11. The van der Waals surface area contributed by atoms with Crippen molar-refractivity contribution in [2.75, 3.05) is 18.1 Å². The number of nitrogen functional groups attached to an aromatic ring is 1. The van der Waals surface area contributed by atoms with Crippen molar-refractivity contribution < 1.29 is 9.90 Å². The third-order valence-corrected chi connectivity index (χ3v) is 1.46. The van der Waals surface area contributed by atoms with Crippen molar-refractivity contribution in [3.63, 3.8) is 0 Å². The number of carbonyl (C=O) groups is 1. The van der Waals surface area contributed by atoms with E-state index in [1.165, 1.54) is 6.20 Å². The number of nitrogens with zero attached hydrogens (tertiary/aromatic N) is 2. The molecule has 0 atom stereocenters. The molecule has 0 unspecified atom stereocenters. The molecule has 0 saturated carbocycles. The van der Waals surface area contributed by atoms with Crippen molar-refractivity contribution in [3.05, 3.63) is 11.8 Å². The number of nitrogens with two attached hydrogens (primary N) is 1. The fourth-order valence-corrected chi connectivity index (χ4v) is 0.840. The van der Waals surface area contributed by atoms with Gasteiger partial charge in [0.1, 0.15) is 5.82 Å². The topological polar surface area (TPSA) is 101 Å². The molecule has 6 heteroatoms. The van der Waals surface area contributed by atoms with Crippen molar-refractivity contribution in [2.24, 2.45) is 0 Å². The van der Waals surface area contributed by atoms with Gasteiger partial charge < -0.3 is 16.2 Å². The average molecular weight is 182 g/mol. The van der Waals surface area contributed by atoms with E-state index in [4.69, 9.17) is 10.8 Å². The highest BCUT2D eigenvalue weighted by atomic mass is 16.4. The molecule has 0 spiro atoms. The molecule has 1 aromatic heterocycles. The number of hydrogen-bond donors (Lipinski definition) is 3. The predicted molar refractivity (Wildman–Crippen MR) is 47.3 cm³/mol. The summed E-state index contributed by atoms with van der Waals surface area (Å²) >= 11 is 0. The molecule has 0 aliphatic carbocycles. The molecule has 0 bridgehead atoms. The van der Waals surface area contributed by atoms with Crippen molar-refractivity contribution in [3.8, 4) is 0 Å². The summed E-state index contributed by atoms with van der Waals surface area (Å²) in [4.78, 5) is 18.0. The van der Waals surface area contributed by atoms with Gasteiger partial charge in [0.05, 0.1) is 6.42 Å². The first kappa shape index (κ1) is 9.24. The second kappa shape index (κ2) is 3.70. The Hall–Kier alpha value is -1.85. The van der Waals surface area contributed by atoms with Crippen LogP contribution < -0.4 is 11.1 Å². The summed E-state index contributed by atoms with van der Waals surface area (Å²) in [5, 5.41) is 11.2. The SMILES string of the molecule is CNc1ncc(CC(=O)O)c(N)n1. The molecule has 0 saturated heterocycles. The van der Waals surface area contributed by atoms with Gasteiger partial charge in [0, 0.05) is 18.8 Å². The van der Waals surface area contributed by atoms with Gasteiger partial charge in [-0.15, -0.1) is 0 Å². The first-order valence-electron chi connectivity index (χ1n) is 3.64. The molecule has 13 heavy (non-hydrogen) atoms. The van der Waals surface area contributed by atoms with Crippen LogP contribution in [-0.4, -0.2) is 28.1 Å². The number of hydrogen-bond acceptors (Lipinski definition) is 5. The molecule has 0 amide bonds. The van der Waals surface area contributed by atoms with Crippen molar-refractivity contribution in [1.82, 2.24) is 9.97 Å². The summed E-state index contributed by atoms with van der Waals surface area (Å²) < 4.78 is 0. The van der Waals surface area contributed by atoms with Crippen LogP contribution in [0.15, 0.2) is 6.20 Å². The highest BCUT2D eigenvalue weighted by molar-refractivity contribution is 5.72. The zero-order chi connectivity index (χ0) is 9.84. The number of aromatic nitrogens is 2. The maximum absolute atomic E-state index is 10.3. The van der Waals surface area contributed by atoms with Gasteiger partial charge in [0.25, 0.3) is 0 Å². The Morgan fingerprint density at radius 3 is 2.92 bits per heavy atom. The number of carboxylic acids is 1. The molecule has 1 heterocycles. The van der Waals surface area contributed by atoms with E-state index < -0.39 is 5.97 Å². The van der Waals surface area contributed by atoms with E-state index in [1.54, 1.807) is 7.05 Å². The van der Waals surface area contributed by atoms with Gasteiger partial charge >= 0.3 is 5.97 Å². The zero-order valence-corrected chi connectivity index (χ0v) is 7.11. The summed E-state index contributed by atoms with van der Waals surface area (Å²) in [7, 11) is 1.66. The molecular weight excluding hydrogens is 172 g/mol. The van der Waals surface area contributed by atoms with Gasteiger partial charge in [-0.1, -0.05) is 0 Å². The standard InChI is InChI=1S/C7H10N4O2/c1-9-7-10-3-4(2-5(12)13)6(8)11-7/h3H,2H2,1H3,(H,12,13)(H3,8,9,10,11). The first-order valence-corrected chi connectivity index (χ1v) is 3.64. The van der Waals surface area contributed by atoms with Crippen LogP contribution in [0.5, 0.6) is 0 Å². The van der Waals surface area contributed by atoms with E-state index >= 15 is 0 Å². The van der Waals surface area contributed by atoms with Crippen LogP contribution in [0.4, 0.5) is 11.8 Å². The quantitative estimate of drug-likeness (QED) is 0.594. The molecule has 0 fully saturated rings. The van der Waals surface area contributed by atoms with Crippen molar-refractivity contribution in [1.29, 1.82) is 0 Å². The average Bonchev–Trinajstić information content (AvgIpc) is 2.08. The lowest BCUT2D eigenvalue weighted by atomic mass is 10.2. The van der Waals surface area contributed by atoms with Gasteiger partial charge in [0.2, 0.25) is 5.95 Å². The lowest BCUT2D eigenvalue weighted by molar-refractivity contribution is -0.136. The Kier molecular flexibility index (Phi) is 2.63. The summed E-state index contributed by atoms with van der Waals surface area (Å²) in [6, 6.07) is 0. The highest BCUT2D eigenvalue weighted by Crippen LogP contribution is 2.09. The minimum Gasteiger partial charge on any atom is -0.481 e. The van der Waals surface area contributed by atoms with E-state index in [-0.39, 0.29) is 12.2 Å². The third-order valence-electron chi connectivity index (χ3n) is 1.46. The maximum atomic E-state index is 10.3. The highest BCUT2D eigenvalue weighted by Gasteiger charge is 2.06. The molecule has 6 nitrogen and oxygen atoms in total. The number of anilines is 2. The fraction of sp³-hybridized carbons (Fsp3) is 0.286. The largest absolute Gasteiger partial charge is 0.481 e. The number of aliphatic carboxylic acids is 1. The minimum absolute atomic E-state index is 0.157. The first-order chi connectivity index (χ1) is 6.13. The van der Waals surface area contributed by atoms with Crippen LogP contribution in [0.3, 0.4) is 0 Å². The maximum Gasteiger partial charge on any atom is 0.308 e. The van der Waals surface area contributed by atoms with Gasteiger partial charge in [-0.3, -0.25) is 4.79 Å². The lowest BCUT2D eigenvalue weighted by Gasteiger charge is -2.03. The molecule has 0 aromatic carbocycles. The summed E-state index contributed by atoms with van der Waals surface area (Å²) in [6.45, 7) is 0. The second-order valence-electron chi connectivity index (χ2n) is 2.42. The van der Waals surface area contributed by atoms with Gasteiger partial charge in [-0.2, -0.15) is 4.98 Å². The molecule has 0 radical (unpaired) electrons. The van der Waals surface area contributed by atoms with Gasteiger partial charge in [-0.05, 0) is 0 Å². The lowest BCUT2D eigenvalue weighted by Crippen LogP contribution is -2.07. The Bertz CT molecular complexity index is 326. The van der Waals surface area contributed by atoms with Crippen molar-refractivity contribution in [2.45, 2.75) is 6.42 Å². The Labute approximate surface area is 74.8 Å². The Balaban J connectivity index is 2.91. The van der Waals surface area contributed by atoms with Crippen LogP contribution in [-0.2, 0) is 11.2 Å². The van der Waals surface area contributed by atoms with E-state index in [9.17, 15) is 4.79 Å². The van der Waals surface area contributed by atoms with Crippen LogP contribution in [0.2, 0.25) is 0 Å². The second-order valence-corrected chi connectivity index (χ2v) is 2.42. The van der Waals surface area contributed by atoms with Crippen molar-refractivity contribution >= 4 is 17.7 Å². The molecule has 4 N–H and O–H groups in total. The number of rotatable bonds is 3. The van der Waals surface area contributed by atoms with E-state index in [2.05, 4.69) is 15.3 Å². The molecule has 70 valence electrons. The monoisotopic (exact) mass is 182 g/mol. The molecule has 0 aliphatic rings. The van der Waals surface area contributed by atoms with Crippen LogP contribution in [0.25, 0.3) is 0 Å². The van der Waals surface area contributed by atoms with E-state index in [0.29, 0.717) is 11.5 Å². The number of nitrogens with one attached hydrogen (secondary N) is 1. The third kappa shape index (κ3) is 2.29. The van der Waals surface area contributed by atoms with Crippen LogP contribution in [0, 0.1) is 0 Å². The van der Waals surface area contributed by atoms with Gasteiger partial charge in [0.15, 0.2) is 0 Å². The number of carboxylic acid groups (broad SMARTS) is 1. The molecule has 1 aromatic rings. The minimum atomic E-state index is -0.951. The predicted octanol–water partition coefficient (Wildman–Crippen LogP) is -0.272. The van der Waals surface area contributed by atoms with Crippen LogP contribution >= 0.6 is 0 Å². The molecule has 0 aliphatic heterocycles. The van der Waals surface area contributed by atoms with E-state index in [0.717, 1.165) is 0 Å². The molecular formula is C7H10N4O2.